The highest BCUT2D eigenvalue weighted by molar-refractivity contribution is 5.75. The quantitative estimate of drug-likeness (QED) is 0.162. The van der Waals surface area contributed by atoms with Crippen molar-refractivity contribution in [2.45, 2.75) is 43.9 Å². The van der Waals surface area contributed by atoms with Crippen molar-refractivity contribution in [1.29, 1.82) is 0 Å². The van der Waals surface area contributed by atoms with E-state index >= 15 is 0 Å². The highest BCUT2D eigenvalue weighted by Crippen LogP contribution is 2.20. The topological polar surface area (TPSA) is 156 Å². The molecule has 24 heavy (non-hydrogen) atoms. The van der Waals surface area contributed by atoms with Crippen LogP contribution in [0.4, 0.5) is 0 Å². The fraction of sp³-hybridized carbons (Fsp3) is 0.929. The van der Waals surface area contributed by atoms with Crippen molar-refractivity contribution in [2.75, 3.05) is 39.5 Å². The van der Waals surface area contributed by atoms with E-state index in [0.717, 1.165) is 0 Å². The summed E-state index contributed by atoms with van der Waals surface area (Å²) in [6, 6.07) is 0. The predicted molar refractivity (Wildman–Crippen MR) is 83.6 cm³/mol. The van der Waals surface area contributed by atoms with Crippen LogP contribution in [0, 0.1) is 0 Å². The molecule has 0 aromatic carbocycles. The van der Waals surface area contributed by atoms with E-state index in [1.807, 2.05) is 0 Å². The van der Waals surface area contributed by atoms with Crippen LogP contribution >= 0.6 is 0 Å². The molecule has 7 N–H and O–H groups in total. The first-order valence-corrected chi connectivity index (χ1v) is 8.14. The lowest BCUT2D eigenvalue weighted by Gasteiger charge is -2.35. The van der Waals surface area contributed by atoms with Crippen molar-refractivity contribution in [1.82, 2.24) is 10.8 Å². The molecule has 0 unspecified atom stereocenters. The van der Waals surface area contributed by atoms with Gasteiger partial charge in [0.15, 0.2) is 6.29 Å². The maximum atomic E-state index is 11.5. The van der Waals surface area contributed by atoms with Crippen LogP contribution in [0.2, 0.25) is 0 Å². The zero-order valence-electron chi connectivity index (χ0n) is 13.7. The summed E-state index contributed by atoms with van der Waals surface area (Å²) >= 11 is 0. The van der Waals surface area contributed by atoms with Crippen molar-refractivity contribution in [3.05, 3.63) is 0 Å². The molecule has 0 spiro atoms. The Morgan fingerprint density at radius 3 is 2.79 bits per heavy atom. The van der Waals surface area contributed by atoms with Crippen molar-refractivity contribution < 1.29 is 34.4 Å². The number of hydroxylamine groups is 1. The monoisotopic (exact) mass is 351 g/mol. The summed E-state index contributed by atoms with van der Waals surface area (Å²) < 4.78 is 10.4. The van der Waals surface area contributed by atoms with Crippen molar-refractivity contribution in [3.8, 4) is 0 Å². The molecule has 10 heteroatoms. The summed E-state index contributed by atoms with van der Waals surface area (Å²) in [5, 5.41) is 31.0. The van der Waals surface area contributed by atoms with Gasteiger partial charge in [0.1, 0.15) is 12.2 Å². The number of rotatable bonds is 12. The van der Waals surface area contributed by atoms with Gasteiger partial charge in [-0.3, -0.25) is 9.63 Å². The number of nitrogens with two attached hydrogens (primary N) is 1. The fourth-order valence-electron chi connectivity index (χ4n) is 2.12. The third kappa shape index (κ3) is 8.31. The Bertz CT molecular complexity index is 348. The lowest BCUT2D eigenvalue weighted by atomic mass is 10.0. The first-order chi connectivity index (χ1) is 11.6. The third-order valence-corrected chi connectivity index (χ3v) is 3.44. The standard InChI is InChI=1S/C14H29N3O7/c15-3-7-22-6-2-12(20)16-4-1-5-17-24-13-8-10(19)14(21)11(9-18)23-13/h10-11,13-14,17-19,21H,1-9,15H2,(H,16,20)/t10-,11-,13+,14-/m1/s1. The van der Waals surface area contributed by atoms with E-state index in [1.165, 1.54) is 0 Å². The smallest absolute Gasteiger partial charge is 0.222 e. The number of aliphatic hydroxyl groups excluding tert-OH is 3. The Balaban J connectivity index is 2.01. The van der Waals surface area contributed by atoms with Gasteiger partial charge in [0, 0.05) is 32.5 Å². The van der Waals surface area contributed by atoms with E-state index in [4.69, 9.17) is 25.2 Å². The minimum Gasteiger partial charge on any atom is -0.394 e. The first kappa shape index (κ1) is 21.2. The molecule has 0 aromatic heterocycles. The average molecular weight is 351 g/mol. The summed E-state index contributed by atoms with van der Waals surface area (Å²) in [6.45, 7) is 1.78. The van der Waals surface area contributed by atoms with Gasteiger partial charge < -0.3 is 35.8 Å². The number of ether oxygens (including phenoxy) is 2. The summed E-state index contributed by atoms with van der Waals surface area (Å²) in [5.41, 5.74) is 7.94. The van der Waals surface area contributed by atoms with Crippen LogP contribution in [-0.4, -0.2) is 85.3 Å². The number of hydrogen-bond donors (Lipinski definition) is 6. The van der Waals surface area contributed by atoms with Crippen LogP contribution in [0.15, 0.2) is 0 Å². The molecule has 1 fully saturated rings. The number of nitrogens with one attached hydrogen (secondary N) is 2. The Kier molecular flexibility index (Phi) is 11.0. The molecule has 1 aliphatic heterocycles. The molecule has 4 atom stereocenters. The van der Waals surface area contributed by atoms with Crippen LogP contribution < -0.4 is 16.5 Å². The Labute approximate surface area is 141 Å². The van der Waals surface area contributed by atoms with Crippen LogP contribution in [-0.2, 0) is 19.1 Å². The molecule has 0 saturated carbocycles. The van der Waals surface area contributed by atoms with Crippen LogP contribution in [0.1, 0.15) is 19.3 Å². The van der Waals surface area contributed by atoms with Gasteiger partial charge in [0.25, 0.3) is 0 Å². The summed E-state index contributed by atoms with van der Waals surface area (Å²) in [5.74, 6) is -0.0912. The number of hydrogen-bond acceptors (Lipinski definition) is 9. The highest BCUT2D eigenvalue weighted by atomic mass is 16.8. The minimum atomic E-state index is -1.13. The van der Waals surface area contributed by atoms with E-state index in [9.17, 15) is 15.0 Å². The average Bonchev–Trinajstić information content (AvgIpc) is 2.57. The number of carbonyl (C=O) groups is 1. The molecule has 0 aromatic rings. The van der Waals surface area contributed by atoms with Crippen LogP contribution in [0.25, 0.3) is 0 Å². The van der Waals surface area contributed by atoms with Gasteiger partial charge >= 0.3 is 0 Å². The van der Waals surface area contributed by atoms with Gasteiger partial charge in [-0.2, -0.15) is 5.48 Å². The molecule has 1 amide bonds. The predicted octanol–water partition coefficient (Wildman–Crippen LogP) is -2.79. The van der Waals surface area contributed by atoms with E-state index in [0.29, 0.717) is 45.7 Å². The second-order valence-corrected chi connectivity index (χ2v) is 5.45. The van der Waals surface area contributed by atoms with E-state index in [1.54, 1.807) is 0 Å². The lowest BCUT2D eigenvalue weighted by Crippen LogP contribution is -2.51. The second-order valence-electron chi connectivity index (χ2n) is 5.45. The largest absolute Gasteiger partial charge is 0.394 e. The van der Waals surface area contributed by atoms with Crippen molar-refractivity contribution in [3.63, 3.8) is 0 Å². The fourth-order valence-corrected chi connectivity index (χ4v) is 2.12. The van der Waals surface area contributed by atoms with E-state index in [2.05, 4.69) is 10.8 Å². The molecule has 1 saturated heterocycles. The zero-order chi connectivity index (χ0) is 17.8. The normalized spacial score (nSPS) is 27.2. The van der Waals surface area contributed by atoms with Gasteiger partial charge in [-0.15, -0.1) is 0 Å². The molecule has 142 valence electrons. The molecule has 0 aliphatic carbocycles. The maximum Gasteiger partial charge on any atom is 0.222 e. The number of amides is 1. The Morgan fingerprint density at radius 1 is 1.29 bits per heavy atom. The van der Waals surface area contributed by atoms with E-state index in [-0.39, 0.29) is 12.3 Å². The first-order valence-electron chi connectivity index (χ1n) is 8.14. The second kappa shape index (κ2) is 12.5. The van der Waals surface area contributed by atoms with Crippen LogP contribution in [0.3, 0.4) is 0 Å². The molecule has 0 bridgehead atoms. The molecule has 1 heterocycles. The maximum absolute atomic E-state index is 11.5. The number of aliphatic hydroxyl groups is 3. The van der Waals surface area contributed by atoms with Crippen molar-refractivity contribution in [2.24, 2.45) is 5.73 Å². The van der Waals surface area contributed by atoms with Crippen molar-refractivity contribution >= 4 is 5.91 Å². The summed E-state index contributed by atoms with van der Waals surface area (Å²) in [4.78, 5) is 16.7. The van der Waals surface area contributed by atoms with E-state index < -0.39 is 31.2 Å². The Hall–Kier alpha value is -0.850. The molecular formula is C14H29N3O7. The molecule has 1 aliphatic rings. The lowest BCUT2D eigenvalue weighted by molar-refractivity contribution is -0.274. The SMILES string of the molecule is NCCOCCC(=O)NCCCNO[C@H]1C[C@@H](O)[C@@H](O)[C@@H](CO)O1. The highest BCUT2D eigenvalue weighted by Gasteiger charge is 2.36. The van der Waals surface area contributed by atoms with Gasteiger partial charge in [-0.05, 0) is 6.42 Å². The molecule has 1 rings (SSSR count). The molecule has 0 radical (unpaired) electrons. The zero-order valence-corrected chi connectivity index (χ0v) is 13.7. The third-order valence-electron chi connectivity index (χ3n) is 3.44. The number of carbonyl (C=O) groups excluding carboxylic acids is 1. The van der Waals surface area contributed by atoms with Gasteiger partial charge in [-0.1, -0.05) is 0 Å². The molecular weight excluding hydrogens is 322 g/mol. The van der Waals surface area contributed by atoms with Gasteiger partial charge in [0.2, 0.25) is 5.91 Å². The summed E-state index contributed by atoms with van der Waals surface area (Å²) in [6.07, 6.45) is -2.73. The van der Waals surface area contributed by atoms with Gasteiger partial charge in [0.05, 0.1) is 25.9 Å². The van der Waals surface area contributed by atoms with Crippen LogP contribution in [0.5, 0.6) is 0 Å². The van der Waals surface area contributed by atoms with Gasteiger partial charge in [-0.25, -0.2) is 0 Å². The molecule has 10 nitrogen and oxygen atoms in total. The summed E-state index contributed by atoms with van der Waals surface area (Å²) in [7, 11) is 0. The Morgan fingerprint density at radius 2 is 2.08 bits per heavy atom. The minimum absolute atomic E-state index is 0.0912.